The maximum absolute atomic E-state index is 12.5. The molecule has 33 heavy (non-hydrogen) atoms. The average molecular weight is 448 g/mol. The number of β-amino-alcohol motifs (C(OH)–C–C–N with tert-alkyl or cyclic N) is 1. The van der Waals surface area contributed by atoms with Crippen LogP contribution in [0.2, 0.25) is 0 Å². The topological polar surface area (TPSA) is 83.9 Å². The highest BCUT2D eigenvalue weighted by Gasteiger charge is 2.26. The summed E-state index contributed by atoms with van der Waals surface area (Å²) >= 11 is 0. The Labute approximate surface area is 194 Å². The van der Waals surface area contributed by atoms with Crippen LogP contribution in [-0.4, -0.2) is 59.3 Å². The van der Waals surface area contributed by atoms with Gasteiger partial charge in [0.25, 0.3) is 5.91 Å². The van der Waals surface area contributed by atoms with E-state index >= 15 is 0 Å². The van der Waals surface area contributed by atoms with Crippen LogP contribution in [0.3, 0.4) is 0 Å². The Morgan fingerprint density at radius 2 is 1.97 bits per heavy atom. The summed E-state index contributed by atoms with van der Waals surface area (Å²) in [5, 5.41) is 13.4. The minimum absolute atomic E-state index is 0.0568. The summed E-state index contributed by atoms with van der Waals surface area (Å²) in [5.74, 6) is 0.951. The summed E-state index contributed by atoms with van der Waals surface area (Å²) in [4.78, 5) is 18.9. The molecule has 0 spiro atoms. The molecule has 2 N–H and O–H groups in total. The van der Waals surface area contributed by atoms with Gasteiger partial charge in [-0.25, -0.2) is 4.98 Å². The molecule has 2 atom stereocenters. The van der Waals surface area contributed by atoms with Gasteiger partial charge in [0, 0.05) is 37.5 Å². The molecule has 0 radical (unpaired) electrons. The van der Waals surface area contributed by atoms with Crippen LogP contribution in [-0.2, 0) is 0 Å². The molecule has 0 bridgehead atoms. The molecule has 2 heterocycles. The molecule has 7 heteroatoms. The number of aryl methyl sites for hydroxylation is 1. The van der Waals surface area contributed by atoms with Crippen LogP contribution < -0.4 is 14.8 Å². The van der Waals surface area contributed by atoms with Crippen molar-refractivity contribution in [2.24, 2.45) is 0 Å². The van der Waals surface area contributed by atoms with Crippen molar-refractivity contribution in [2.75, 3.05) is 31.6 Å². The quantitative estimate of drug-likeness (QED) is 0.522. The van der Waals surface area contributed by atoms with Gasteiger partial charge in [-0.1, -0.05) is 30.3 Å². The van der Waals surface area contributed by atoms with Crippen LogP contribution >= 0.6 is 0 Å². The number of hydrogen-bond acceptors (Lipinski definition) is 6. The fraction of sp³-hybridized carbons (Fsp3) is 0.308. The molecule has 1 aliphatic heterocycles. The van der Waals surface area contributed by atoms with Crippen LogP contribution in [0.1, 0.15) is 22.3 Å². The monoisotopic (exact) mass is 447 g/mol. The van der Waals surface area contributed by atoms with Crippen LogP contribution in [0, 0.1) is 6.92 Å². The van der Waals surface area contributed by atoms with Gasteiger partial charge in [-0.15, -0.1) is 0 Å². The second kappa shape index (κ2) is 10.9. The molecule has 0 saturated carbocycles. The number of aliphatic hydroxyl groups excluding tert-OH is 1. The Morgan fingerprint density at radius 1 is 1.18 bits per heavy atom. The number of aromatic nitrogens is 1. The first-order chi connectivity index (χ1) is 16.1. The fourth-order valence-corrected chi connectivity index (χ4v) is 3.82. The van der Waals surface area contributed by atoms with Crippen molar-refractivity contribution in [3.8, 4) is 11.6 Å². The first kappa shape index (κ1) is 22.8. The van der Waals surface area contributed by atoms with Gasteiger partial charge in [0.2, 0.25) is 5.88 Å². The van der Waals surface area contributed by atoms with Gasteiger partial charge in [0.1, 0.15) is 24.6 Å². The molecule has 2 unspecified atom stereocenters. The first-order valence-corrected chi connectivity index (χ1v) is 11.1. The van der Waals surface area contributed by atoms with Gasteiger partial charge in [0.05, 0.1) is 5.69 Å². The van der Waals surface area contributed by atoms with E-state index in [-0.39, 0.29) is 18.6 Å². The highest BCUT2D eigenvalue weighted by atomic mass is 16.5. The van der Waals surface area contributed by atoms with E-state index in [1.807, 2.05) is 49.4 Å². The van der Waals surface area contributed by atoms with Crippen molar-refractivity contribution in [1.29, 1.82) is 0 Å². The van der Waals surface area contributed by atoms with Crippen LogP contribution in [0.15, 0.2) is 72.9 Å². The summed E-state index contributed by atoms with van der Waals surface area (Å²) in [5.41, 5.74) is 2.25. The number of rotatable bonds is 9. The number of nitrogens with one attached hydrogen (secondary N) is 1. The van der Waals surface area contributed by atoms with E-state index in [1.54, 1.807) is 30.5 Å². The normalized spacial score (nSPS) is 16.8. The second-order valence-electron chi connectivity index (χ2n) is 8.24. The minimum atomic E-state index is -0.668. The Balaban J connectivity index is 1.25. The van der Waals surface area contributed by atoms with Crippen molar-refractivity contribution in [2.45, 2.75) is 25.6 Å². The van der Waals surface area contributed by atoms with Gasteiger partial charge in [-0.2, -0.15) is 0 Å². The van der Waals surface area contributed by atoms with Gasteiger partial charge < -0.3 is 19.9 Å². The lowest BCUT2D eigenvalue weighted by Crippen LogP contribution is -2.35. The molecule has 1 aliphatic rings. The van der Waals surface area contributed by atoms with Gasteiger partial charge in [-0.05, 0) is 49.2 Å². The predicted octanol–water partition coefficient (Wildman–Crippen LogP) is 3.54. The number of aliphatic hydroxyl groups is 1. The Bertz CT molecular complexity index is 1060. The van der Waals surface area contributed by atoms with E-state index in [0.717, 1.165) is 25.1 Å². The highest BCUT2D eigenvalue weighted by Crippen LogP contribution is 2.25. The van der Waals surface area contributed by atoms with Gasteiger partial charge in [0.15, 0.2) is 0 Å². The first-order valence-electron chi connectivity index (χ1n) is 11.1. The highest BCUT2D eigenvalue weighted by molar-refractivity contribution is 6.04. The number of nitrogens with zero attached hydrogens (tertiary/aromatic N) is 2. The van der Waals surface area contributed by atoms with Crippen LogP contribution in [0.5, 0.6) is 11.6 Å². The Morgan fingerprint density at radius 3 is 2.79 bits per heavy atom. The number of anilines is 1. The Kier molecular flexibility index (Phi) is 7.55. The molecule has 1 aromatic heterocycles. The number of para-hydroxylation sites is 2. The summed E-state index contributed by atoms with van der Waals surface area (Å²) in [6.07, 6.45) is 2.02. The summed E-state index contributed by atoms with van der Waals surface area (Å²) in [6.45, 7) is 4.20. The van der Waals surface area contributed by atoms with E-state index < -0.39 is 6.10 Å². The third kappa shape index (κ3) is 6.54. The van der Waals surface area contributed by atoms with Gasteiger partial charge in [-0.3, -0.25) is 9.69 Å². The smallest absolute Gasteiger partial charge is 0.255 e. The molecular weight excluding hydrogens is 418 g/mol. The lowest BCUT2D eigenvalue weighted by molar-refractivity contribution is 0.0720. The van der Waals surface area contributed by atoms with Crippen molar-refractivity contribution in [1.82, 2.24) is 9.88 Å². The molecule has 7 nitrogen and oxygen atoms in total. The van der Waals surface area contributed by atoms with Crippen molar-refractivity contribution >= 4 is 11.6 Å². The minimum Gasteiger partial charge on any atom is -0.489 e. The average Bonchev–Trinajstić information content (AvgIpc) is 3.25. The molecule has 2 aromatic carbocycles. The maximum Gasteiger partial charge on any atom is 0.255 e. The summed E-state index contributed by atoms with van der Waals surface area (Å²) < 4.78 is 11.8. The zero-order chi connectivity index (χ0) is 23.0. The number of pyridine rings is 1. The van der Waals surface area contributed by atoms with Crippen molar-refractivity contribution < 1.29 is 19.4 Å². The number of ether oxygens (including phenoxy) is 2. The molecule has 3 aromatic rings. The fourth-order valence-electron chi connectivity index (χ4n) is 3.82. The second-order valence-corrected chi connectivity index (χ2v) is 8.24. The van der Waals surface area contributed by atoms with Crippen LogP contribution in [0.25, 0.3) is 0 Å². The van der Waals surface area contributed by atoms with E-state index in [9.17, 15) is 9.90 Å². The molecular formula is C26H29N3O4. The number of carbonyl (C=O) groups is 1. The zero-order valence-electron chi connectivity index (χ0n) is 18.7. The van der Waals surface area contributed by atoms with Gasteiger partial charge >= 0.3 is 0 Å². The standard InChI is InChI=1S/C26H29N3O4/c1-19-11-13-27-25(15-19)33-22-12-14-29(17-22)16-21(30)18-32-24-10-6-5-9-23(24)28-26(31)20-7-3-2-4-8-20/h2-11,13,15,21-22,30H,12,14,16-18H2,1H3,(H,28,31). The van der Waals surface area contributed by atoms with E-state index in [0.29, 0.717) is 29.4 Å². The van der Waals surface area contributed by atoms with Crippen LogP contribution in [0.4, 0.5) is 5.69 Å². The lowest BCUT2D eigenvalue weighted by Gasteiger charge is -2.21. The van der Waals surface area contributed by atoms with E-state index in [1.165, 1.54) is 0 Å². The largest absolute Gasteiger partial charge is 0.489 e. The number of amides is 1. The lowest BCUT2D eigenvalue weighted by atomic mass is 10.2. The number of carbonyl (C=O) groups excluding carboxylic acids is 1. The third-order valence-corrected chi connectivity index (χ3v) is 5.48. The molecule has 172 valence electrons. The number of benzene rings is 2. The maximum atomic E-state index is 12.5. The number of hydrogen-bond donors (Lipinski definition) is 2. The summed E-state index contributed by atoms with van der Waals surface area (Å²) in [7, 11) is 0. The van der Waals surface area contributed by atoms with Crippen molar-refractivity contribution in [3.63, 3.8) is 0 Å². The van der Waals surface area contributed by atoms with E-state index in [4.69, 9.17) is 9.47 Å². The number of likely N-dealkylation sites (tertiary alicyclic amines) is 1. The Hall–Kier alpha value is -3.42. The molecule has 1 amide bonds. The molecule has 0 aliphatic carbocycles. The summed E-state index contributed by atoms with van der Waals surface area (Å²) in [6, 6.07) is 20.1. The predicted molar refractivity (Wildman–Crippen MR) is 127 cm³/mol. The molecule has 1 saturated heterocycles. The SMILES string of the molecule is Cc1ccnc(OC2CCN(CC(O)COc3ccccc3NC(=O)c3ccccc3)C2)c1. The molecule has 1 fully saturated rings. The molecule has 4 rings (SSSR count). The zero-order valence-corrected chi connectivity index (χ0v) is 18.7. The third-order valence-electron chi connectivity index (χ3n) is 5.48. The van der Waals surface area contributed by atoms with E-state index in [2.05, 4.69) is 15.2 Å². The van der Waals surface area contributed by atoms with Crippen molar-refractivity contribution in [3.05, 3.63) is 84.1 Å².